The number of carbonyl (C=O) groups is 1. The third-order valence-corrected chi connectivity index (χ3v) is 3.29. The topological polar surface area (TPSA) is 38.3 Å². The van der Waals surface area contributed by atoms with Gasteiger partial charge in [-0.2, -0.15) is 0 Å². The fourth-order valence-corrected chi connectivity index (χ4v) is 1.79. The molecule has 1 amide bonds. The first-order valence-electron chi connectivity index (χ1n) is 5.70. The minimum Gasteiger partial charge on any atom is -0.377 e. The van der Waals surface area contributed by atoms with Crippen molar-refractivity contribution in [1.29, 1.82) is 0 Å². The quantitative estimate of drug-likeness (QED) is 0.908. The summed E-state index contributed by atoms with van der Waals surface area (Å²) in [7, 11) is 0. The van der Waals surface area contributed by atoms with Crippen molar-refractivity contribution >= 4 is 21.8 Å². The number of amides is 1. The number of hydrogen-bond donors (Lipinski definition) is 1. The lowest BCUT2D eigenvalue weighted by molar-refractivity contribution is 0.0695. The predicted molar refractivity (Wildman–Crippen MR) is 72.3 cm³/mol. The Bertz CT molecular complexity index is 393. The highest BCUT2D eigenvalue weighted by molar-refractivity contribution is 9.10. The number of halogens is 1. The molecule has 4 heteroatoms. The molecule has 1 rings (SSSR count). The summed E-state index contributed by atoms with van der Waals surface area (Å²) in [5, 5.41) is 2.85. The van der Waals surface area contributed by atoms with Crippen molar-refractivity contribution < 1.29 is 9.53 Å². The number of nitrogens with one attached hydrogen (secondary N) is 1. The van der Waals surface area contributed by atoms with Crippen molar-refractivity contribution in [2.75, 3.05) is 13.2 Å². The normalized spacial score (nSPS) is 12.2. The molecule has 0 aliphatic rings. The maximum Gasteiger partial charge on any atom is 0.251 e. The summed E-state index contributed by atoms with van der Waals surface area (Å²) >= 11 is 3.41. The van der Waals surface area contributed by atoms with Crippen LogP contribution in [0.1, 0.15) is 29.8 Å². The number of hydrogen-bond acceptors (Lipinski definition) is 2. The average Bonchev–Trinajstić information content (AvgIpc) is 2.30. The fraction of sp³-hybridized carbons (Fsp3) is 0.462. The Morgan fingerprint density at radius 1 is 1.53 bits per heavy atom. The standard InChI is InChI=1S/C13H18BrNO2/c1-4-17-10(3)8-15-13(16)11-6-5-9(2)12(14)7-11/h5-7,10H,4,8H2,1-3H3,(H,15,16). The van der Waals surface area contributed by atoms with Gasteiger partial charge in [0.1, 0.15) is 0 Å². The Labute approximate surface area is 111 Å². The van der Waals surface area contributed by atoms with Crippen LogP contribution in [0.25, 0.3) is 0 Å². The molecule has 0 bridgehead atoms. The molecule has 1 aromatic carbocycles. The van der Waals surface area contributed by atoms with Crippen LogP contribution in [0.15, 0.2) is 22.7 Å². The van der Waals surface area contributed by atoms with Crippen LogP contribution in [0.3, 0.4) is 0 Å². The molecule has 1 unspecified atom stereocenters. The number of rotatable bonds is 5. The van der Waals surface area contributed by atoms with E-state index in [9.17, 15) is 4.79 Å². The van der Waals surface area contributed by atoms with E-state index in [0.717, 1.165) is 10.0 Å². The van der Waals surface area contributed by atoms with Gasteiger partial charge in [0.05, 0.1) is 6.10 Å². The van der Waals surface area contributed by atoms with Crippen LogP contribution in [0.4, 0.5) is 0 Å². The second-order valence-electron chi connectivity index (χ2n) is 3.94. The van der Waals surface area contributed by atoms with E-state index < -0.39 is 0 Å². The minimum atomic E-state index is -0.0720. The average molecular weight is 300 g/mol. The Hall–Kier alpha value is -0.870. The van der Waals surface area contributed by atoms with Gasteiger partial charge in [0.25, 0.3) is 5.91 Å². The van der Waals surface area contributed by atoms with Crippen molar-refractivity contribution in [3.8, 4) is 0 Å². The van der Waals surface area contributed by atoms with Crippen molar-refractivity contribution in [2.45, 2.75) is 26.9 Å². The Balaban J connectivity index is 2.55. The smallest absolute Gasteiger partial charge is 0.251 e. The molecular weight excluding hydrogens is 282 g/mol. The maximum atomic E-state index is 11.8. The third kappa shape index (κ3) is 4.48. The van der Waals surface area contributed by atoms with Gasteiger partial charge in [0, 0.05) is 23.2 Å². The minimum absolute atomic E-state index is 0.0397. The lowest BCUT2D eigenvalue weighted by Crippen LogP contribution is -2.32. The fourth-order valence-electron chi connectivity index (χ4n) is 1.42. The molecule has 3 nitrogen and oxygen atoms in total. The Morgan fingerprint density at radius 3 is 2.82 bits per heavy atom. The highest BCUT2D eigenvalue weighted by Crippen LogP contribution is 2.17. The van der Waals surface area contributed by atoms with Crippen LogP contribution in [-0.4, -0.2) is 25.2 Å². The molecule has 1 aromatic rings. The van der Waals surface area contributed by atoms with Crippen molar-refractivity contribution in [1.82, 2.24) is 5.32 Å². The summed E-state index contributed by atoms with van der Waals surface area (Å²) in [6, 6.07) is 5.57. The van der Waals surface area contributed by atoms with Gasteiger partial charge in [0.2, 0.25) is 0 Å². The van der Waals surface area contributed by atoms with Crippen LogP contribution in [0.5, 0.6) is 0 Å². The molecule has 0 spiro atoms. The molecule has 94 valence electrons. The first kappa shape index (κ1) is 14.2. The number of benzene rings is 1. The van der Waals surface area contributed by atoms with Gasteiger partial charge in [-0.1, -0.05) is 22.0 Å². The van der Waals surface area contributed by atoms with Crippen LogP contribution in [0.2, 0.25) is 0 Å². The molecule has 0 aromatic heterocycles. The SMILES string of the molecule is CCOC(C)CNC(=O)c1ccc(C)c(Br)c1. The largest absolute Gasteiger partial charge is 0.377 e. The van der Waals surface area contributed by atoms with Gasteiger partial charge in [-0.25, -0.2) is 0 Å². The monoisotopic (exact) mass is 299 g/mol. The molecule has 0 aliphatic carbocycles. The maximum absolute atomic E-state index is 11.8. The van der Waals surface area contributed by atoms with Gasteiger partial charge >= 0.3 is 0 Å². The van der Waals surface area contributed by atoms with E-state index in [1.807, 2.05) is 39.0 Å². The van der Waals surface area contributed by atoms with E-state index in [1.165, 1.54) is 0 Å². The molecule has 17 heavy (non-hydrogen) atoms. The molecule has 0 heterocycles. The predicted octanol–water partition coefficient (Wildman–Crippen LogP) is 2.91. The summed E-state index contributed by atoms with van der Waals surface area (Å²) in [4.78, 5) is 11.8. The van der Waals surface area contributed by atoms with Crippen LogP contribution in [-0.2, 0) is 4.74 Å². The van der Waals surface area contributed by atoms with Crippen molar-refractivity contribution in [3.63, 3.8) is 0 Å². The Morgan fingerprint density at radius 2 is 2.24 bits per heavy atom. The molecule has 0 aliphatic heterocycles. The first-order valence-corrected chi connectivity index (χ1v) is 6.49. The van der Waals surface area contributed by atoms with E-state index in [4.69, 9.17) is 4.74 Å². The number of carbonyl (C=O) groups excluding carboxylic acids is 1. The van der Waals surface area contributed by atoms with E-state index in [2.05, 4.69) is 21.2 Å². The zero-order valence-corrected chi connectivity index (χ0v) is 12.0. The van der Waals surface area contributed by atoms with Crippen molar-refractivity contribution in [2.24, 2.45) is 0 Å². The van der Waals surface area contributed by atoms with Crippen LogP contribution in [0, 0.1) is 6.92 Å². The highest BCUT2D eigenvalue weighted by Gasteiger charge is 2.08. The van der Waals surface area contributed by atoms with E-state index in [-0.39, 0.29) is 12.0 Å². The first-order chi connectivity index (χ1) is 8.04. The highest BCUT2D eigenvalue weighted by atomic mass is 79.9. The molecular formula is C13H18BrNO2. The van der Waals surface area contributed by atoms with E-state index in [0.29, 0.717) is 18.7 Å². The van der Waals surface area contributed by atoms with Crippen molar-refractivity contribution in [3.05, 3.63) is 33.8 Å². The van der Waals surface area contributed by atoms with Gasteiger partial charge < -0.3 is 10.1 Å². The molecule has 0 saturated heterocycles. The lowest BCUT2D eigenvalue weighted by Gasteiger charge is -2.12. The summed E-state index contributed by atoms with van der Waals surface area (Å²) in [5.41, 5.74) is 1.77. The molecule has 1 atom stereocenters. The van der Waals surface area contributed by atoms with Crippen LogP contribution < -0.4 is 5.32 Å². The van der Waals surface area contributed by atoms with Gasteiger partial charge in [0.15, 0.2) is 0 Å². The Kier molecular flexibility index (Phi) is 5.65. The van der Waals surface area contributed by atoms with Gasteiger partial charge in [-0.15, -0.1) is 0 Å². The molecule has 1 N–H and O–H groups in total. The summed E-state index contributed by atoms with van der Waals surface area (Å²) in [6.07, 6.45) is 0.0397. The van der Waals surface area contributed by atoms with Gasteiger partial charge in [-0.05, 0) is 38.5 Å². The molecule has 0 radical (unpaired) electrons. The second-order valence-corrected chi connectivity index (χ2v) is 4.79. The second kappa shape index (κ2) is 6.77. The van der Waals surface area contributed by atoms with E-state index >= 15 is 0 Å². The lowest BCUT2D eigenvalue weighted by atomic mass is 10.1. The van der Waals surface area contributed by atoms with E-state index in [1.54, 1.807) is 0 Å². The summed E-state index contributed by atoms with van der Waals surface area (Å²) < 4.78 is 6.29. The zero-order valence-electron chi connectivity index (χ0n) is 10.4. The van der Waals surface area contributed by atoms with Crippen LogP contribution >= 0.6 is 15.9 Å². The molecule has 0 saturated carbocycles. The summed E-state index contributed by atoms with van der Waals surface area (Å²) in [5.74, 6) is -0.0720. The third-order valence-electron chi connectivity index (χ3n) is 2.44. The zero-order chi connectivity index (χ0) is 12.8. The van der Waals surface area contributed by atoms with Gasteiger partial charge in [-0.3, -0.25) is 4.79 Å². The number of ether oxygens (including phenoxy) is 1. The molecule has 0 fully saturated rings. The number of aryl methyl sites for hydroxylation is 1. The summed E-state index contributed by atoms with van der Waals surface area (Å²) in [6.45, 7) is 7.05.